The van der Waals surface area contributed by atoms with Crippen LogP contribution >= 0.6 is 0 Å². The number of hydrogen-bond acceptors (Lipinski definition) is 3. The normalized spacial score (nSPS) is 28.6. The van der Waals surface area contributed by atoms with Crippen molar-refractivity contribution in [1.82, 2.24) is 4.31 Å². The highest BCUT2D eigenvalue weighted by molar-refractivity contribution is 7.89. The lowest BCUT2D eigenvalue weighted by atomic mass is 10.2. The van der Waals surface area contributed by atoms with Gasteiger partial charge in [0.25, 0.3) is 0 Å². The molecule has 0 unspecified atom stereocenters. The van der Waals surface area contributed by atoms with Crippen molar-refractivity contribution in [3.63, 3.8) is 0 Å². The molecule has 16 heavy (non-hydrogen) atoms. The molecule has 0 bridgehead atoms. The third kappa shape index (κ3) is 3.99. The highest BCUT2D eigenvalue weighted by atomic mass is 32.2. The van der Waals surface area contributed by atoms with E-state index in [4.69, 9.17) is 0 Å². The highest BCUT2D eigenvalue weighted by Gasteiger charge is 2.27. The maximum absolute atomic E-state index is 11.9. The summed E-state index contributed by atoms with van der Waals surface area (Å²) in [4.78, 5) is 0. The Hall–Kier alpha value is -0.200. The van der Waals surface area contributed by atoms with Crippen LogP contribution in [0.4, 0.5) is 0 Å². The van der Waals surface area contributed by atoms with Gasteiger partial charge in [-0.05, 0) is 12.3 Å². The minimum Gasteiger partial charge on any atom is -0.260 e. The van der Waals surface area contributed by atoms with Crippen molar-refractivity contribution in [3.8, 4) is 0 Å². The fourth-order valence-corrected chi connectivity index (χ4v) is 4.73. The van der Waals surface area contributed by atoms with Gasteiger partial charge in [0.2, 0.25) is 10.0 Å². The molecule has 2 atom stereocenters. The quantitative estimate of drug-likeness (QED) is 0.699. The Morgan fingerprint density at radius 2 is 2.25 bits per heavy atom. The summed E-state index contributed by atoms with van der Waals surface area (Å²) in [6.07, 6.45) is 2.08. The molecule has 1 aliphatic rings. The van der Waals surface area contributed by atoms with E-state index >= 15 is 0 Å². The van der Waals surface area contributed by atoms with Crippen LogP contribution in [0.15, 0.2) is 12.7 Å². The zero-order chi connectivity index (χ0) is 12.2. The van der Waals surface area contributed by atoms with E-state index < -0.39 is 20.8 Å². The summed E-state index contributed by atoms with van der Waals surface area (Å²) in [7, 11) is -4.07. The van der Waals surface area contributed by atoms with Crippen LogP contribution in [0.5, 0.6) is 0 Å². The minimum atomic E-state index is -3.20. The molecule has 0 N–H and O–H groups in total. The predicted octanol–water partition coefficient (Wildman–Crippen LogP) is 0.593. The van der Waals surface area contributed by atoms with Gasteiger partial charge in [-0.25, -0.2) is 12.7 Å². The second-order valence-corrected chi connectivity index (χ2v) is 7.88. The van der Waals surface area contributed by atoms with Crippen LogP contribution < -0.4 is 0 Å². The molecule has 0 aromatic rings. The molecule has 6 heteroatoms. The largest absolute Gasteiger partial charge is 0.260 e. The smallest absolute Gasteiger partial charge is 0.214 e. The van der Waals surface area contributed by atoms with Crippen molar-refractivity contribution in [3.05, 3.63) is 12.7 Å². The third-order valence-electron chi connectivity index (χ3n) is 2.53. The molecule has 1 heterocycles. The van der Waals surface area contributed by atoms with Crippen LogP contribution in [0.1, 0.15) is 13.3 Å². The predicted molar refractivity (Wildman–Crippen MR) is 67.2 cm³/mol. The maximum atomic E-state index is 11.9. The molecule has 94 valence electrons. The van der Waals surface area contributed by atoms with Crippen LogP contribution in [0.2, 0.25) is 0 Å². The average Bonchev–Trinajstić information content (AvgIpc) is 2.37. The van der Waals surface area contributed by atoms with E-state index in [0.717, 1.165) is 0 Å². The molecule has 1 saturated heterocycles. The van der Waals surface area contributed by atoms with E-state index in [-0.39, 0.29) is 11.7 Å². The van der Waals surface area contributed by atoms with Gasteiger partial charge in [-0.1, -0.05) is 13.0 Å². The number of allylic oxidation sites excluding steroid dienone is 1. The Morgan fingerprint density at radius 1 is 1.56 bits per heavy atom. The Bertz CT molecular complexity index is 364. The molecular formula is C10H19NO3S2. The SMILES string of the molecule is C=CCCS(=O)(=O)N1CC[S@@](=O)C[C@@H](C)C1. The second-order valence-electron chi connectivity index (χ2n) is 4.17. The van der Waals surface area contributed by atoms with Gasteiger partial charge in [-0.15, -0.1) is 6.58 Å². The van der Waals surface area contributed by atoms with Gasteiger partial charge in [0.05, 0.1) is 5.75 Å². The lowest BCUT2D eigenvalue weighted by Gasteiger charge is -2.21. The first-order chi connectivity index (χ1) is 7.45. The van der Waals surface area contributed by atoms with Gasteiger partial charge in [0, 0.05) is 35.4 Å². The van der Waals surface area contributed by atoms with Crippen LogP contribution in [-0.4, -0.2) is 47.3 Å². The lowest BCUT2D eigenvalue weighted by molar-refractivity contribution is 0.392. The van der Waals surface area contributed by atoms with Gasteiger partial charge >= 0.3 is 0 Å². The molecule has 0 aliphatic carbocycles. The standard InChI is InChI=1S/C10H19NO3S2/c1-3-4-7-16(13,14)11-5-6-15(12)9-10(2)8-11/h3,10H,1,4-9H2,2H3/t10-,15+/m0/s1. The van der Waals surface area contributed by atoms with Crippen molar-refractivity contribution in [2.45, 2.75) is 13.3 Å². The summed E-state index contributed by atoms with van der Waals surface area (Å²) >= 11 is 0. The van der Waals surface area contributed by atoms with Gasteiger partial charge < -0.3 is 0 Å². The van der Waals surface area contributed by atoms with Gasteiger partial charge in [-0.3, -0.25) is 4.21 Å². The number of sulfonamides is 1. The molecule has 0 amide bonds. The van der Waals surface area contributed by atoms with Crippen LogP contribution in [0.3, 0.4) is 0 Å². The van der Waals surface area contributed by atoms with Crippen molar-refractivity contribution >= 4 is 20.8 Å². The Labute approximate surface area is 100 Å². The lowest BCUT2D eigenvalue weighted by Crippen LogP contribution is -2.36. The van der Waals surface area contributed by atoms with Gasteiger partial charge in [0.15, 0.2) is 0 Å². The summed E-state index contributed by atoms with van der Waals surface area (Å²) < 4.78 is 36.8. The Morgan fingerprint density at radius 3 is 2.88 bits per heavy atom. The molecule has 4 nitrogen and oxygen atoms in total. The first-order valence-corrected chi connectivity index (χ1v) is 8.49. The van der Waals surface area contributed by atoms with Gasteiger partial charge in [-0.2, -0.15) is 0 Å². The minimum absolute atomic E-state index is 0.107. The third-order valence-corrected chi connectivity index (χ3v) is 5.98. The molecule has 0 aromatic heterocycles. The first kappa shape index (κ1) is 13.9. The zero-order valence-corrected chi connectivity index (χ0v) is 11.2. The van der Waals surface area contributed by atoms with E-state index in [9.17, 15) is 12.6 Å². The fourth-order valence-electron chi connectivity index (χ4n) is 1.71. The van der Waals surface area contributed by atoms with Crippen molar-refractivity contribution in [2.75, 3.05) is 30.3 Å². The van der Waals surface area contributed by atoms with Crippen molar-refractivity contribution < 1.29 is 12.6 Å². The molecule has 0 radical (unpaired) electrons. The molecule has 1 rings (SSSR count). The molecule has 0 aromatic carbocycles. The van der Waals surface area contributed by atoms with Crippen LogP contribution in [-0.2, 0) is 20.8 Å². The summed E-state index contributed by atoms with van der Waals surface area (Å²) in [5, 5.41) is 0. The van der Waals surface area contributed by atoms with Crippen molar-refractivity contribution in [2.24, 2.45) is 5.92 Å². The first-order valence-electron chi connectivity index (χ1n) is 5.39. The Kier molecular flexibility index (Phi) is 5.14. The fraction of sp³-hybridized carbons (Fsp3) is 0.800. The van der Waals surface area contributed by atoms with E-state index in [2.05, 4.69) is 6.58 Å². The molecular weight excluding hydrogens is 246 g/mol. The van der Waals surface area contributed by atoms with E-state index in [1.54, 1.807) is 6.08 Å². The van der Waals surface area contributed by atoms with E-state index in [1.165, 1.54) is 4.31 Å². The topological polar surface area (TPSA) is 54.5 Å². The van der Waals surface area contributed by atoms with Crippen LogP contribution in [0, 0.1) is 5.92 Å². The van der Waals surface area contributed by atoms with Gasteiger partial charge in [0.1, 0.15) is 0 Å². The number of hydrogen-bond donors (Lipinski definition) is 0. The molecule has 1 fully saturated rings. The van der Waals surface area contributed by atoms with Crippen LogP contribution in [0.25, 0.3) is 0 Å². The van der Waals surface area contributed by atoms with Crippen molar-refractivity contribution in [1.29, 1.82) is 0 Å². The monoisotopic (exact) mass is 265 g/mol. The maximum Gasteiger partial charge on any atom is 0.214 e. The Balaban J connectivity index is 2.71. The summed E-state index contributed by atoms with van der Waals surface area (Å²) in [6, 6.07) is 0. The molecule has 1 aliphatic heterocycles. The van der Waals surface area contributed by atoms with E-state index in [1.807, 2.05) is 6.92 Å². The zero-order valence-electron chi connectivity index (χ0n) is 9.59. The summed E-state index contributed by atoms with van der Waals surface area (Å²) in [5.74, 6) is 1.34. The molecule has 0 saturated carbocycles. The number of nitrogens with zero attached hydrogens (tertiary/aromatic N) is 1. The highest BCUT2D eigenvalue weighted by Crippen LogP contribution is 2.13. The second kappa shape index (κ2) is 5.93. The summed E-state index contributed by atoms with van der Waals surface area (Å²) in [5.41, 5.74) is 0. The summed E-state index contributed by atoms with van der Waals surface area (Å²) in [6.45, 7) is 6.34. The van der Waals surface area contributed by atoms with E-state index in [0.29, 0.717) is 31.0 Å². The average molecular weight is 265 g/mol. The number of rotatable bonds is 4. The molecule has 0 spiro atoms.